The lowest BCUT2D eigenvalue weighted by atomic mass is 10.0. The van der Waals surface area contributed by atoms with Crippen LogP contribution >= 0.6 is 11.6 Å². The summed E-state index contributed by atoms with van der Waals surface area (Å²) in [4.78, 5) is 2.28. The molecule has 21 heavy (non-hydrogen) atoms. The maximum atomic E-state index is 6.32. The summed E-state index contributed by atoms with van der Waals surface area (Å²) in [6.07, 6.45) is 0. The van der Waals surface area contributed by atoms with Crippen molar-refractivity contribution < 1.29 is 0 Å². The van der Waals surface area contributed by atoms with Gasteiger partial charge in [0.2, 0.25) is 0 Å². The summed E-state index contributed by atoms with van der Waals surface area (Å²) in [7, 11) is 4.09. The van der Waals surface area contributed by atoms with Crippen LogP contribution in [0, 0.1) is 6.92 Å². The summed E-state index contributed by atoms with van der Waals surface area (Å²) in [6.45, 7) is 5.23. The van der Waals surface area contributed by atoms with E-state index < -0.39 is 0 Å². The van der Waals surface area contributed by atoms with E-state index in [1.807, 2.05) is 25.2 Å². The SMILES string of the molecule is CNCc1ccc(N(C)C(C)c2ccccc2Cl)c(C)c1. The highest BCUT2D eigenvalue weighted by Gasteiger charge is 2.16. The number of hydrogen-bond donors (Lipinski definition) is 1. The van der Waals surface area contributed by atoms with Crippen molar-refractivity contribution in [1.82, 2.24) is 5.32 Å². The molecular formula is C18H23ClN2. The lowest BCUT2D eigenvalue weighted by molar-refractivity contribution is 0.736. The van der Waals surface area contributed by atoms with Crippen molar-refractivity contribution >= 4 is 17.3 Å². The minimum atomic E-state index is 0.229. The largest absolute Gasteiger partial charge is 0.368 e. The van der Waals surface area contributed by atoms with E-state index in [9.17, 15) is 0 Å². The molecule has 2 aromatic carbocycles. The summed E-state index contributed by atoms with van der Waals surface area (Å²) >= 11 is 6.32. The number of anilines is 1. The highest BCUT2D eigenvalue weighted by Crippen LogP contribution is 2.31. The van der Waals surface area contributed by atoms with Crippen LogP contribution in [0.1, 0.15) is 29.7 Å². The van der Waals surface area contributed by atoms with Gasteiger partial charge in [-0.25, -0.2) is 0 Å². The first kappa shape index (κ1) is 15.9. The Morgan fingerprint density at radius 1 is 1.19 bits per heavy atom. The molecule has 2 nitrogen and oxygen atoms in total. The van der Waals surface area contributed by atoms with E-state index in [0.717, 1.165) is 17.1 Å². The molecule has 0 saturated heterocycles. The zero-order valence-electron chi connectivity index (χ0n) is 13.2. The van der Waals surface area contributed by atoms with E-state index >= 15 is 0 Å². The Kier molecular flexibility index (Phi) is 5.27. The minimum absolute atomic E-state index is 0.229. The van der Waals surface area contributed by atoms with Crippen LogP contribution in [-0.4, -0.2) is 14.1 Å². The molecular weight excluding hydrogens is 280 g/mol. The normalized spacial score (nSPS) is 12.2. The Labute approximate surface area is 132 Å². The first-order chi connectivity index (χ1) is 10.0. The van der Waals surface area contributed by atoms with E-state index in [-0.39, 0.29) is 6.04 Å². The Bertz CT molecular complexity index is 610. The molecule has 2 aromatic rings. The first-order valence-electron chi connectivity index (χ1n) is 7.26. The number of nitrogens with one attached hydrogen (secondary N) is 1. The second-order valence-corrected chi connectivity index (χ2v) is 5.87. The third kappa shape index (κ3) is 3.58. The van der Waals surface area contributed by atoms with Gasteiger partial charge in [-0.05, 0) is 49.7 Å². The average molecular weight is 303 g/mol. The Morgan fingerprint density at radius 2 is 1.90 bits per heavy atom. The Hall–Kier alpha value is -1.51. The third-order valence-electron chi connectivity index (χ3n) is 3.96. The summed E-state index contributed by atoms with van der Waals surface area (Å²) in [5, 5.41) is 4.01. The Balaban J connectivity index is 2.27. The van der Waals surface area contributed by atoms with Crippen LogP contribution < -0.4 is 10.2 Å². The number of nitrogens with zero attached hydrogens (tertiary/aromatic N) is 1. The summed E-state index contributed by atoms with van der Waals surface area (Å²) in [5.74, 6) is 0. The van der Waals surface area contributed by atoms with Gasteiger partial charge in [0.1, 0.15) is 0 Å². The molecule has 0 fully saturated rings. The van der Waals surface area contributed by atoms with E-state index in [4.69, 9.17) is 11.6 Å². The lowest BCUT2D eigenvalue weighted by Gasteiger charge is -2.29. The minimum Gasteiger partial charge on any atom is -0.368 e. The van der Waals surface area contributed by atoms with Crippen LogP contribution in [0.3, 0.4) is 0 Å². The van der Waals surface area contributed by atoms with Gasteiger partial charge in [-0.1, -0.05) is 41.9 Å². The summed E-state index contributed by atoms with van der Waals surface area (Å²) in [6, 6.07) is 14.9. The van der Waals surface area contributed by atoms with E-state index in [1.54, 1.807) is 0 Å². The lowest BCUT2D eigenvalue weighted by Crippen LogP contribution is -2.22. The quantitative estimate of drug-likeness (QED) is 0.870. The van der Waals surface area contributed by atoms with Gasteiger partial charge in [-0.3, -0.25) is 0 Å². The maximum absolute atomic E-state index is 6.32. The molecule has 112 valence electrons. The number of rotatable bonds is 5. The molecule has 1 atom stereocenters. The molecule has 0 aliphatic carbocycles. The highest BCUT2D eigenvalue weighted by molar-refractivity contribution is 6.31. The molecule has 0 aliphatic rings. The fourth-order valence-electron chi connectivity index (χ4n) is 2.66. The molecule has 0 spiro atoms. The zero-order chi connectivity index (χ0) is 15.4. The van der Waals surface area contributed by atoms with Crippen molar-refractivity contribution in [2.45, 2.75) is 26.4 Å². The van der Waals surface area contributed by atoms with Crippen LogP contribution in [0.15, 0.2) is 42.5 Å². The molecule has 0 heterocycles. The van der Waals surface area contributed by atoms with E-state index in [0.29, 0.717) is 0 Å². The topological polar surface area (TPSA) is 15.3 Å². The predicted molar refractivity (Wildman–Crippen MR) is 92.2 cm³/mol. The van der Waals surface area contributed by atoms with Crippen molar-refractivity contribution in [2.24, 2.45) is 0 Å². The molecule has 0 bridgehead atoms. The van der Waals surface area contributed by atoms with Crippen LogP contribution in [0.2, 0.25) is 5.02 Å². The molecule has 1 unspecified atom stereocenters. The van der Waals surface area contributed by atoms with Gasteiger partial charge in [-0.15, -0.1) is 0 Å². The van der Waals surface area contributed by atoms with E-state index in [2.05, 4.69) is 55.4 Å². The van der Waals surface area contributed by atoms with Gasteiger partial charge >= 0.3 is 0 Å². The van der Waals surface area contributed by atoms with Crippen LogP contribution in [0.25, 0.3) is 0 Å². The first-order valence-corrected chi connectivity index (χ1v) is 7.63. The molecule has 0 saturated carbocycles. The molecule has 3 heteroatoms. The molecule has 0 radical (unpaired) electrons. The molecule has 2 rings (SSSR count). The summed E-state index contributed by atoms with van der Waals surface area (Å²) < 4.78 is 0. The van der Waals surface area contributed by atoms with Gasteiger partial charge in [-0.2, -0.15) is 0 Å². The fourth-order valence-corrected chi connectivity index (χ4v) is 2.95. The van der Waals surface area contributed by atoms with Crippen LogP contribution in [0.4, 0.5) is 5.69 Å². The molecule has 0 amide bonds. The molecule has 0 aromatic heterocycles. The number of hydrogen-bond acceptors (Lipinski definition) is 2. The van der Waals surface area contributed by atoms with Gasteiger partial charge in [0.05, 0.1) is 6.04 Å². The third-order valence-corrected chi connectivity index (χ3v) is 4.30. The van der Waals surface area contributed by atoms with Gasteiger partial charge in [0.15, 0.2) is 0 Å². The van der Waals surface area contributed by atoms with Crippen molar-refractivity contribution in [3.8, 4) is 0 Å². The maximum Gasteiger partial charge on any atom is 0.0525 e. The fraction of sp³-hybridized carbons (Fsp3) is 0.333. The van der Waals surface area contributed by atoms with Crippen molar-refractivity contribution in [3.63, 3.8) is 0 Å². The average Bonchev–Trinajstić information content (AvgIpc) is 2.47. The van der Waals surface area contributed by atoms with E-state index in [1.165, 1.54) is 16.8 Å². The van der Waals surface area contributed by atoms with Crippen molar-refractivity contribution in [3.05, 3.63) is 64.2 Å². The number of benzene rings is 2. The van der Waals surface area contributed by atoms with Crippen LogP contribution in [-0.2, 0) is 6.54 Å². The second-order valence-electron chi connectivity index (χ2n) is 5.46. The Morgan fingerprint density at radius 3 is 2.52 bits per heavy atom. The monoisotopic (exact) mass is 302 g/mol. The standard InChI is InChI=1S/C18H23ClN2/c1-13-11-15(12-20-3)9-10-18(13)21(4)14(2)16-7-5-6-8-17(16)19/h5-11,14,20H,12H2,1-4H3. The zero-order valence-corrected chi connectivity index (χ0v) is 13.9. The van der Waals surface area contributed by atoms with Gasteiger partial charge in [0, 0.05) is 24.3 Å². The summed E-state index contributed by atoms with van der Waals surface area (Å²) in [5.41, 5.74) is 4.98. The number of aryl methyl sites for hydroxylation is 1. The molecule has 1 N–H and O–H groups in total. The van der Waals surface area contributed by atoms with Crippen LogP contribution in [0.5, 0.6) is 0 Å². The molecule has 0 aliphatic heterocycles. The van der Waals surface area contributed by atoms with Crippen molar-refractivity contribution in [2.75, 3.05) is 19.0 Å². The smallest absolute Gasteiger partial charge is 0.0525 e. The van der Waals surface area contributed by atoms with Crippen molar-refractivity contribution in [1.29, 1.82) is 0 Å². The van der Waals surface area contributed by atoms with Gasteiger partial charge in [0.25, 0.3) is 0 Å². The van der Waals surface area contributed by atoms with Gasteiger partial charge < -0.3 is 10.2 Å². The number of halogens is 1. The highest BCUT2D eigenvalue weighted by atomic mass is 35.5. The second kappa shape index (κ2) is 6.97. The predicted octanol–water partition coefficient (Wildman–Crippen LogP) is 4.57.